The Hall–Kier alpha value is -2.33. The molecule has 0 bridgehead atoms. The van der Waals surface area contributed by atoms with E-state index in [1.54, 1.807) is 7.11 Å². The van der Waals surface area contributed by atoms with Crippen molar-refractivity contribution in [3.05, 3.63) is 53.1 Å². The van der Waals surface area contributed by atoms with Gasteiger partial charge in [-0.1, -0.05) is 23.7 Å². The first-order valence-corrected chi connectivity index (χ1v) is 7.00. The van der Waals surface area contributed by atoms with Crippen molar-refractivity contribution in [2.75, 3.05) is 7.11 Å². The lowest BCUT2D eigenvalue weighted by Gasteiger charge is -2.01. The molecule has 2 heterocycles. The van der Waals surface area contributed by atoms with Crippen LogP contribution in [0.1, 0.15) is 5.56 Å². The molecule has 0 N–H and O–H groups in total. The summed E-state index contributed by atoms with van der Waals surface area (Å²) in [6.45, 7) is 0.711. The molecule has 0 saturated carbocycles. The highest BCUT2D eigenvalue weighted by Crippen LogP contribution is 2.33. The number of rotatable bonds is 2. The third kappa shape index (κ3) is 1.99. The van der Waals surface area contributed by atoms with Crippen LogP contribution in [0.5, 0.6) is 5.75 Å². The second kappa shape index (κ2) is 4.60. The largest absolute Gasteiger partial charge is 0.497 e. The van der Waals surface area contributed by atoms with Gasteiger partial charge in [-0.2, -0.15) is 5.10 Å². The van der Waals surface area contributed by atoms with E-state index < -0.39 is 0 Å². The molecule has 0 saturated heterocycles. The van der Waals surface area contributed by atoms with Crippen molar-refractivity contribution in [3.63, 3.8) is 0 Å². The van der Waals surface area contributed by atoms with Crippen molar-refractivity contribution >= 4 is 11.6 Å². The van der Waals surface area contributed by atoms with Gasteiger partial charge >= 0.3 is 0 Å². The van der Waals surface area contributed by atoms with Gasteiger partial charge in [0.05, 0.1) is 13.7 Å². The molecule has 0 amide bonds. The molecule has 21 heavy (non-hydrogen) atoms. The SMILES string of the molecule is COc1cccc(-c2nc3n(n2)Cc2cc(Cl)ccc2-3)c1. The van der Waals surface area contributed by atoms with Crippen LogP contribution in [0, 0.1) is 0 Å². The van der Waals surface area contributed by atoms with Crippen LogP contribution >= 0.6 is 11.6 Å². The van der Waals surface area contributed by atoms with Gasteiger partial charge in [-0.05, 0) is 35.9 Å². The maximum Gasteiger partial charge on any atom is 0.181 e. The monoisotopic (exact) mass is 297 g/mol. The summed E-state index contributed by atoms with van der Waals surface area (Å²) in [6, 6.07) is 13.6. The number of fused-ring (bicyclic) bond motifs is 3. The van der Waals surface area contributed by atoms with Crippen LogP contribution < -0.4 is 4.74 Å². The highest BCUT2D eigenvalue weighted by atomic mass is 35.5. The summed E-state index contributed by atoms with van der Waals surface area (Å²) in [4.78, 5) is 4.66. The highest BCUT2D eigenvalue weighted by molar-refractivity contribution is 6.30. The van der Waals surface area contributed by atoms with E-state index >= 15 is 0 Å². The molecular weight excluding hydrogens is 286 g/mol. The highest BCUT2D eigenvalue weighted by Gasteiger charge is 2.23. The second-order valence-corrected chi connectivity index (χ2v) is 5.39. The van der Waals surface area contributed by atoms with E-state index in [0.29, 0.717) is 12.4 Å². The van der Waals surface area contributed by atoms with E-state index in [9.17, 15) is 0 Å². The van der Waals surface area contributed by atoms with Crippen LogP contribution in [0.3, 0.4) is 0 Å². The molecule has 0 spiro atoms. The number of hydrogen-bond acceptors (Lipinski definition) is 3. The molecular formula is C16H12ClN3O. The summed E-state index contributed by atoms with van der Waals surface area (Å²) in [6.07, 6.45) is 0. The van der Waals surface area contributed by atoms with E-state index in [2.05, 4.69) is 10.1 Å². The normalized spacial score (nSPS) is 12.1. The topological polar surface area (TPSA) is 39.9 Å². The molecule has 4 nitrogen and oxygen atoms in total. The quantitative estimate of drug-likeness (QED) is 0.567. The van der Waals surface area contributed by atoms with Gasteiger partial charge in [-0.15, -0.1) is 0 Å². The lowest BCUT2D eigenvalue weighted by Crippen LogP contribution is -1.95. The number of aromatic nitrogens is 3. The molecule has 4 rings (SSSR count). The van der Waals surface area contributed by atoms with E-state index in [-0.39, 0.29) is 0 Å². The summed E-state index contributed by atoms with van der Waals surface area (Å²) in [7, 11) is 1.65. The number of nitrogens with zero attached hydrogens (tertiary/aromatic N) is 3. The molecule has 1 aliphatic rings. The fourth-order valence-corrected chi connectivity index (χ4v) is 2.80. The van der Waals surface area contributed by atoms with Gasteiger partial charge in [0.2, 0.25) is 0 Å². The minimum atomic E-state index is 0.711. The summed E-state index contributed by atoms with van der Waals surface area (Å²) in [5.74, 6) is 2.40. The van der Waals surface area contributed by atoms with Crippen LogP contribution in [0.4, 0.5) is 0 Å². The van der Waals surface area contributed by atoms with Gasteiger partial charge in [0, 0.05) is 16.1 Å². The summed E-state index contributed by atoms with van der Waals surface area (Å²) in [5, 5.41) is 5.33. The van der Waals surface area contributed by atoms with Gasteiger partial charge in [-0.25, -0.2) is 9.67 Å². The maximum atomic E-state index is 6.03. The minimum Gasteiger partial charge on any atom is -0.497 e. The molecule has 3 aromatic rings. The van der Waals surface area contributed by atoms with Crippen LogP contribution in [0.2, 0.25) is 5.02 Å². The van der Waals surface area contributed by atoms with E-state index in [4.69, 9.17) is 16.3 Å². The fourth-order valence-electron chi connectivity index (χ4n) is 2.61. The average molecular weight is 298 g/mol. The lowest BCUT2D eigenvalue weighted by molar-refractivity contribution is 0.415. The first-order valence-electron chi connectivity index (χ1n) is 6.62. The standard InChI is InChI=1S/C16H12ClN3O/c1-21-13-4-2-3-10(8-13)15-18-16-14-6-5-12(17)7-11(14)9-20(16)19-15/h2-8H,9H2,1H3. The van der Waals surface area contributed by atoms with E-state index in [0.717, 1.165) is 33.3 Å². The zero-order valence-corrected chi connectivity index (χ0v) is 12.1. The Morgan fingerprint density at radius 2 is 2.10 bits per heavy atom. The molecule has 2 aromatic carbocycles. The molecule has 0 unspecified atom stereocenters. The Morgan fingerprint density at radius 1 is 1.19 bits per heavy atom. The third-order valence-electron chi connectivity index (χ3n) is 3.63. The van der Waals surface area contributed by atoms with Crippen LogP contribution in [-0.4, -0.2) is 21.9 Å². The van der Waals surface area contributed by atoms with Gasteiger partial charge in [0.15, 0.2) is 11.6 Å². The van der Waals surface area contributed by atoms with Crippen molar-refractivity contribution in [3.8, 4) is 28.5 Å². The van der Waals surface area contributed by atoms with Crippen molar-refractivity contribution in [1.82, 2.24) is 14.8 Å². The van der Waals surface area contributed by atoms with Crippen molar-refractivity contribution in [2.24, 2.45) is 0 Å². The fraction of sp³-hybridized carbons (Fsp3) is 0.125. The van der Waals surface area contributed by atoms with Crippen molar-refractivity contribution < 1.29 is 4.74 Å². The Morgan fingerprint density at radius 3 is 2.95 bits per heavy atom. The zero-order valence-electron chi connectivity index (χ0n) is 11.4. The summed E-state index contributed by atoms with van der Waals surface area (Å²) >= 11 is 6.03. The van der Waals surface area contributed by atoms with Crippen LogP contribution in [0.15, 0.2) is 42.5 Å². The third-order valence-corrected chi connectivity index (χ3v) is 3.86. The number of ether oxygens (including phenoxy) is 1. The summed E-state index contributed by atoms with van der Waals surface area (Å²) < 4.78 is 7.16. The second-order valence-electron chi connectivity index (χ2n) is 4.95. The number of hydrogen-bond donors (Lipinski definition) is 0. The molecule has 104 valence electrons. The smallest absolute Gasteiger partial charge is 0.181 e. The van der Waals surface area contributed by atoms with Crippen molar-refractivity contribution in [2.45, 2.75) is 6.54 Å². The Balaban J connectivity index is 1.79. The van der Waals surface area contributed by atoms with Gasteiger partial charge in [-0.3, -0.25) is 0 Å². The zero-order chi connectivity index (χ0) is 14.4. The summed E-state index contributed by atoms with van der Waals surface area (Å²) in [5.41, 5.74) is 3.21. The predicted octanol–water partition coefficient (Wildman–Crippen LogP) is 3.64. The Labute approximate surface area is 127 Å². The van der Waals surface area contributed by atoms with Crippen LogP contribution in [-0.2, 0) is 6.54 Å². The molecule has 0 fully saturated rings. The first kappa shape index (κ1) is 12.4. The number of benzene rings is 2. The van der Waals surface area contributed by atoms with Crippen molar-refractivity contribution in [1.29, 1.82) is 0 Å². The molecule has 1 aromatic heterocycles. The average Bonchev–Trinajstić information content (AvgIpc) is 3.04. The van der Waals surface area contributed by atoms with Gasteiger partial charge in [0.1, 0.15) is 5.75 Å². The molecule has 0 atom stereocenters. The molecule has 5 heteroatoms. The number of halogens is 1. The predicted molar refractivity (Wildman–Crippen MR) is 81.6 cm³/mol. The Bertz CT molecular complexity index is 841. The van der Waals surface area contributed by atoms with E-state index in [1.165, 1.54) is 0 Å². The lowest BCUT2D eigenvalue weighted by atomic mass is 10.1. The Kier molecular flexibility index (Phi) is 2.72. The van der Waals surface area contributed by atoms with Gasteiger partial charge in [0.25, 0.3) is 0 Å². The maximum absolute atomic E-state index is 6.03. The molecule has 0 radical (unpaired) electrons. The van der Waals surface area contributed by atoms with Crippen LogP contribution in [0.25, 0.3) is 22.8 Å². The molecule has 0 aliphatic carbocycles. The van der Waals surface area contributed by atoms with E-state index in [1.807, 2.05) is 47.1 Å². The number of methoxy groups -OCH3 is 1. The molecule has 1 aliphatic heterocycles. The van der Waals surface area contributed by atoms with Gasteiger partial charge < -0.3 is 4.74 Å². The minimum absolute atomic E-state index is 0.711. The first-order chi connectivity index (χ1) is 10.2.